The molecule has 1 atom stereocenters. The fraction of sp³-hybridized carbons (Fsp3) is 0.273. The smallest absolute Gasteiger partial charge is 0.338 e. The van der Waals surface area contributed by atoms with Crippen LogP contribution >= 0.6 is 11.3 Å². The number of rotatable bonds is 5. The van der Waals surface area contributed by atoms with Crippen molar-refractivity contribution in [3.8, 4) is 0 Å². The van der Waals surface area contributed by atoms with E-state index < -0.39 is 17.8 Å². The lowest BCUT2D eigenvalue weighted by Crippen LogP contribution is -2.39. The number of fused-ring (bicyclic) bond motifs is 1. The second-order valence-electron chi connectivity index (χ2n) is 6.98. The Hall–Kier alpha value is -3.33. The minimum Gasteiger partial charge on any atom is -0.463 e. The van der Waals surface area contributed by atoms with Gasteiger partial charge >= 0.3 is 5.97 Å². The van der Waals surface area contributed by atoms with Gasteiger partial charge in [0.1, 0.15) is 5.82 Å². The monoisotopic (exact) mass is 440 g/mol. The second-order valence-corrected chi connectivity index (χ2v) is 7.99. The van der Waals surface area contributed by atoms with E-state index in [4.69, 9.17) is 4.74 Å². The molecule has 3 aromatic rings. The topological polar surface area (TPSA) is 78.5 Å². The Kier molecular flexibility index (Phi) is 5.69. The lowest BCUT2D eigenvalue weighted by molar-refractivity contribution is -0.139. The van der Waals surface area contributed by atoms with Crippen molar-refractivity contribution in [1.29, 1.82) is 0 Å². The summed E-state index contributed by atoms with van der Waals surface area (Å²) in [5, 5.41) is 4.23. The molecule has 31 heavy (non-hydrogen) atoms. The average Bonchev–Trinajstić information content (AvgIpc) is 3.32. The molecule has 0 N–H and O–H groups in total. The number of carbonyl (C=O) groups is 1. The highest BCUT2D eigenvalue weighted by Crippen LogP contribution is 2.30. The van der Waals surface area contributed by atoms with Gasteiger partial charge in [-0.2, -0.15) is 5.10 Å². The minimum absolute atomic E-state index is 0.192. The number of hydrogen-bond donors (Lipinski definition) is 0. The molecule has 0 amide bonds. The van der Waals surface area contributed by atoms with E-state index >= 15 is 0 Å². The van der Waals surface area contributed by atoms with Crippen LogP contribution in [-0.4, -0.2) is 26.9 Å². The molecule has 1 aliphatic rings. The van der Waals surface area contributed by atoms with Crippen LogP contribution in [0.5, 0.6) is 0 Å². The summed E-state index contributed by atoms with van der Waals surface area (Å²) in [6, 6.07) is 5.00. The van der Waals surface area contributed by atoms with Crippen molar-refractivity contribution in [3.05, 3.63) is 84.6 Å². The number of nitrogens with zero attached hydrogens (tertiary/aromatic N) is 4. The molecule has 4 rings (SSSR count). The van der Waals surface area contributed by atoms with E-state index in [0.29, 0.717) is 20.6 Å². The van der Waals surface area contributed by atoms with Gasteiger partial charge in [0.05, 0.1) is 34.6 Å². The third-order valence-corrected chi connectivity index (χ3v) is 5.96. The Morgan fingerprint density at radius 1 is 1.29 bits per heavy atom. The van der Waals surface area contributed by atoms with Crippen LogP contribution in [0, 0.1) is 5.82 Å². The maximum absolute atomic E-state index is 13.6. The zero-order chi connectivity index (χ0) is 22.1. The van der Waals surface area contributed by atoms with Crippen LogP contribution in [0.3, 0.4) is 0 Å². The zero-order valence-electron chi connectivity index (χ0n) is 17.3. The molecule has 0 aliphatic carbocycles. The second kappa shape index (κ2) is 8.43. The summed E-state index contributed by atoms with van der Waals surface area (Å²) >= 11 is 1.24. The number of carbonyl (C=O) groups excluding carboxylic acids is 1. The van der Waals surface area contributed by atoms with E-state index in [1.54, 1.807) is 42.9 Å². The van der Waals surface area contributed by atoms with Gasteiger partial charge in [-0.15, -0.1) is 0 Å². The highest BCUT2D eigenvalue weighted by atomic mass is 32.1. The van der Waals surface area contributed by atoms with Gasteiger partial charge in [-0.3, -0.25) is 14.0 Å². The predicted octanol–water partition coefficient (Wildman–Crippen LogP) is 2.15. The molecular formula is C22H21FN4O3S. The molecule has 2 aromatic heterocycles. The number of halogens is 1. The van der Waals surface area contributed by atoms with Crippen LogP contribution in [0.15, 0.2) is 57.7 Å². The molecule has 7 nitrogen and oxygen atoms in total. The highest BCUT2D eigenvalue weighted by molar-refractivity contribution is 7.07. The average molecular weight is 441 g/mol. The quantitative estimate of drug-likeness (QED) is 0.570. The van der Waals surface area contributed by atoms with Gasteiger partial charge in [-0.25, -0.2) is 14.2 Å². The number of thiazole rings is 1. The van der Waals surface area contributed by atoms with Gasteiger partial charge in [-0.05, 0) is 44.5 Å². The summed E-state index contributed by atoms with van der Waals surface area (Å²) in [4.78, 5) is 31.1. The van der Waals surface area contributed by atoms with Crippen molar-refractivity contribution in [2.75, 3.05) is 6.61 Å². The van der Waals surface area contributed by atoms with Crippen molar-refractivity contribution < 1.29 is 13.9 Å². The lowest BCUT2D eigenvalue weighted by Gasteiger charge is -2.24. The number of hydrogen-bond acceptors (Lipinski definition) is 6. The van der Waals surface area contributed by atoms with Crippen molar-refractivity contribution in [2.45, 2.75) is 33.4 Å². The van der Waals surface area contributed by atoms with E-state index in [1.165, 1.54) is 28.0 Å². The maximum Gasteiger partial charge on any atom is 0.338 e. The molecule has 0 bridgehead atoms. The molecule has 3 heterocycles. The van der Waals surface area contributed by atoms with Gasteiger partial charge in [0.15, 0.2) is 4.80 Å². The molecule has 0 fully saturated rings. The number of allylic oxidation sites excluding steroid dienone is 1. The Bertz CT molecular complexity index is 1350. The summed E-state index contributed by atoms with van der Waals surface area (Å²) in [7, 11) is 0. The van der Waals surface area contributed by atoms with E-state index in [2.05, 4.69) is 10.1 Å². The number of esters is 1. The summed E-state index contributed by atoms with van der Waals surface area (Å²) in [6.45, 7) is 6.32. The van der Waals surface area contributed by atoms with Crippen LogP contribution in [0.4, 0.5) is 4.39 Å². The van der Waals surface area contributed by atoms with E-state index in [0.717, 1.165) is 12.1 Å². The van der Waals surface area contributed by atoms with Gasteiger partial charge in [-0.1, -0.05) is 23.5 Å². The Morgan fingerprint density at radius 3 is 2.68 bits per heavy atom. The number of aryl methyl sites for hydroxylation is 1. The third-order valence-electron chi connectivity index (χ3n) is 4.98. The first kappa shape index (κ1) is 20.9. The summed E-state index contributed by atoms with van der Waals surface area (Å²) in [5.41, 5.74) is 1.86. The van der Waals surface area contributed by atoms with Crippen molar-refractivity contribution >= 4 is 23.4 Å². The molecule has 0 saturated heterocycles. The number of aromatic nitrogens is 3. The Labute approximate surface area is 181 Å². The van der Waals surface area contributed by atoms with Crippen LogP contribution in [0.2, 0.25) is 0 Å². The van der Waals surface area contributed by atoms with E-state index in [1.807, 2.05) is 13.1 Å². The predicted molar refractivity (Wildman–Crippen MR) is 115 cm³/mol. The molecule has 160 valence electrons. The summed E-state index contributed by atoms with van der Waals surface area (Å²) < 4.78 is 22.5. The lowest BCUT2D eigenvalue weighted by atomic mass is 9.96. The van der Waals surface area contributed by atoms with Crippen molar-refractivity contribution in [3.63, 3.8) is 0 Å². The molecule has 0 spiro atoms. The summed E-state index contributed by atoms with van der Waals surface area (Å²) in [5.74, 6) is -0.945. The standard InChI is InChI=1S/C22H21FN4O3S/c1-4-26-12-14(11-24-26)10-17-20(28)27-19(15-6-8-16(23)9-7-15)18(21(29)30-5-2)13(3)25-22(27)31-17/h6-12,19H,4-5H2,1-3H3/b17-10+/t19-/m1/s1. The van der Waals surface area contributed by atoms with E-state index in [-0.39, 0.29) is 17.7 Å². The summed E-state index contributed by atoms with van der Waals surface area (Å²) in [6.07, 6.45) is 5.30. The largest absolute Gasteiger partial charge is 0.463 e. The zero-order valence-corrected chi connectivity index (χ0v) is 18.1. The van der Waals surface area contributed by atoms with Gasteiger partial charge in [0.2, 0.25) is 0 Å². The van der Waals surface area contributed by atoms with Gasteiger partial charge < -0.3 is 4.74 Å². The first-order valence-corrected chi connectivity index (χ1v) is 10.7. The van der Waals surface area contributed by atoms with Gasteiger partial charge in [0, 0.05) is 18.3 Å². The first-order chi connectivity index (χ1) is 14.9. The molecule has 1 aliphatic heterocycles. The maximum atomic E-state index is 13.6. The highest BCUT2D eigenvalue weighted by Gasteiger charge is 2.33. The molecule has 0 radical (unpaired) electrons. The van der Waals surface area contributed by atoms with Crippen LogP contribution < -0.4 is 14.9 Å². The van der Waals surface area contributed by atoms with Crippen molar-refractivity contribution in [2.24, 2.45) is 4.99 Å². The minimum atomic E-state index is -0.753. The molecule has 0 unspecified atom stereocenters. The molecule has 9 heteroatoms. The number of ether oxygens (including phenoxy) is 1. The fourth-order valence-electron chi connectivity index (χ4n) is 3.53. The van der Waals surface area contributed by atoms with Crippen LogP contribution in [0.1, 0.15) is 37.9 Å². The normalized spacial score (nSPS) is 16.3. The van der Waals surface area contributed by atoms with Crippen LogP contribution in [-0.2, 0) is 16.1 Å². The Balaban J connectivity index is 1.93. The molecule has 1 aromatic carbocycles. The third kappa shape index (κ3) is 3.88. The van der Waals surface area contributed by atoms with Gasteiger partial charge in [0.25, 0.3) is 5.56 Å². The fourth-order valence-corrected chi connectivity index (χ4v) is 4.58. The van der Waals surface area contributed by atoms with Crippen molar-refractivity contribution in [1.82, 2.24) is 14.3 Å². The Morgan fingerprint density at radius 2 is 2.03 bits per heavy atom. The molecular weight excluding hydrogens is 419 g/mol. The number of benzene rings is 1. The molecule has 0 saturated carbocycles. The van der Waals surface area contributed by atoms with E-state index in [9.17, 15) is 14.0 Å². The SMILES string of the molecule is CCOC(=O)C1=C(C)N=c2s/c(=C/c3cnn(CC)c3)c(=O)n2[C@@H]1c1ccc(F)cc1. The first-order valence-electron chi connectivity index (χ1n) is 9.90. The van der Waals surface area contributed by atoms with Crippen LogP contribution in [0.25, 0.3) is 6.08 Å².